The number of hydrogen-bond donors (Lipinski definition) is 2. The molecule has 0 saturated carbocycles. The van der Waals surface area contributed by atoms with Gasteiger partial charge in [0.2, 0.25) is 5.91 Å². The predicted octanol–water partition coefficient (Wildman–Crippen LogP) is 1.46. The van der Waals surface area contributed by atoms with Crippen molar-refractivity contribution in [1.82, 2.24) is 20.4 Å². The zero-order chi connectivity index (χ0) is 16.5. The second-order valence-electron chi connectivity index (χ2n) is 5.81. The summed E-state index contributed by atoms with van der Waals surface area (Å²) in [5.74, 6) is 0.111. The maximum Gasteiger partial charge on any atom is 0.317 e. The lowest BCUT2D eigenvalue weighted by Gasteiger charge is -2.21. The number of hydrogen-bond acceptors (Lipinski definition) is 3. The molecule has 2 N–H and O–H groups in total. The van der Waals surface area contributed by atoms with E-state index in [0.29, 0.717) is 19.5 Å². The van der Waals surface area contributed by atoms with Crippen LogP contribution in [-0.4, -0.2) is 61.5 Å². The van der Waals surface area contributed by atoms with E-state index in [9.17, 15) is 9.59 Å². The Morgan fingerprint density at radius 1 is 1.21 bits per heavy atom. The summed E-state index contributed by atoms with van der Waals surface area (Å²) in [7, 11) is 1.75. The smallest absolute Gasteiger partial charge is 0.317 e. The van der Waals surface area contributed by atoms with Crippen molar-refractivity contribution in [2.75, 3.05) is 39.8 Å². The van der Waals surface area contributed by atoms with E-state index in [0.717, 1.165) is 38.2 Å². The molecule has 1 fully saturated rings. The highest BCUT2D eigenvalue weighted by molar-refractivity contribution is 5.85. The summed E-state index contributed by atoms with van der Waals surface area (Å²) >= 11 is 0. The van der Waals surface area contributed by atoms with Crippen LogP contribution in [0.5, 0.6) is 0 Å². The molecule has 1 aromatic carbocycles. The molecule has 1 aromatic rings. The summed E-state index contributed by atoms with van der Waals surface area (Å²) in [5.41, 5.74) is 1.08. The van der Waals surface area contributed by atoms with E-state index in [1.807, 2.05) is 35.2 Å². The Balaban J connectivity index is 0.00000288. The topological polar surface area (TPSA) is 64.7 Å². The Morgan fingerprint density at radius 2 is 1.96 bits per heavy atom. The summed E-state index contributed by atoms with van der Waals surface area (Å²) < 4.78 is 0. The number of urea groups is 1. The SMILES string of the molecule is CN(Cc1ccccc1)C(=O)NCCC(=O)N1CCCNCC1.Cl. The summed E-state index contributed by atoms with van der Waals surface area (Å²) in [6.45, 7) is 4.29. The molecule has 0 spiro atoms. The molecule has 0 unspecified atom stereocenters. The first kappa shape index (κ1) is 20.3. The molecule has 0 aromatic heterocycles. The molecule has 0 bridgehead atoms. The van der Waals surface area contributed by atoms with Gasteiger partial charge in [-0.25, -0.2) is 4.79 Å². The van der Waals surface area contributed by atoms with Gasteiger partial charge in [0.25, 0.3) is 0 Å². The van der Waals surface area contributed by atoms with Crippen molar-refractivity contribution in [2.24, 2.45) is 0 Å². The average Bonchev–Trinajstić information content (AvgIpc) is 2.85. The quantitative estimate of drug-likeness (QED) is 0.841. The van der Waals surface area contributed by atoms with Crippen LogP contribution in [0, 0.1) is 0 Å². The van der Waals surface area contributed by atoms with Crippen LogP contribution in [-0.2, 0) is 11.3 Å². The largest absolute Gasteiger partial charge is 0.341 e. The van der Waals surface area contributed by atoms with E-state index >= 15 is 0 Å². The van der Waals surface area contributed by atoms with Gasteiger partial charge in [0, 0.05) is 46.2 Å². The van der Waals surface area contributed by atoms with Crippen LogP contribution >= 0.6 is 12.4 Å². The monoisotopic (exact) mass is 354 g/mol. The summed E-state index contributed by atoms with van der Waals surface area (Å²) in [6.07, 6.45) is 1.34. The van der Waals surface area contributed by atoms with Crippen molar-refractivity contribution in [3.05, 3.63) is 35.9 Å². The van der Waals surface area contributed by atoms with E-state index in [1.165, 1.54) is 0 Å². The first-order valence-electron chi connectivity index (χ1n) is 8.18. The van der Waals surface area contributed by atoms with Crippen LogP contribution in [0.2, 0.25) is 0 Å². The molecule has 1 heterocycles. The maximum absolute atomic E-state index is 12.1. The molecule has 3 amide bonds. The van der Waals surface area contributed by atoms with Crippen molar-refractivity contribution in [2.45, 2.75) is 19.4 Å². The number of nitrogens with zero attached hydrogens (tertiary/aromatic N) is 2. The van der Waals surface area contributed by atoms with E-state index in [-0.39, 0.29) is 24.3 Å². The first-order chi connectivity index (χ1) is 11.2. The van der Waals surface area contributed by atoms with Gasteiger partial charge in [-0.1, -0.05) is 30.3 Å². The average molecular weight is 355 g/mol. The van der Waals surface area contributed by atoms with Crippen molar-refractivity contribution < 1.29 is 9.59 Å². The number of rotatable bonds is 5. The molecule has 2 rings (SSSR count). The molecule has 1 aliphatic rings. The third-order valence-corrected chi connectivity index (χ3v) is 3.92. The van der Waals surface area contributed by atoms with E-state index in [4.69, 9.17) is 0 Å². The highest BCUT2D eigenvalue weighted by Crippen LogP contribution is 2.03. The van der Waals surface area contributed by atoms with E-state index in [2.05, 4.69) is 10.6 Å². The number of carbonyl (C=O) groups is 2. The lowest BCUT2D eigenvalue weighted by Crippen LogP contribution is -2.40. The van der Waals surface area contributed by atoms with E-state index < -0.39 is 0 Å². The van der Waals surface area contributed by atoms with Gasteiger partial charge in [-0.3, -0.25) is 4.79 Å². The fraction of sp³-hybridized carbons (Fsp3) is 0.529. The molecule has 0 radical (unpaired) electrons. The van der Waals surface area contributed by atoms with Crippen molar-refractivity contribution >= 4 is 24.3 Å². The molecule has 0 atom stereocenters. The Bertz CT molecular complexity index is 505. The second-order valence-corrected chi connectivity index (χ2v) is 5.81. The standard InChI is InChI=1S/C17H26N4O2.ClH/c1-20(14-15-6-3-2-4-7-15)17(23)19-10-8-16(22)21-12-5-9-18-11-13-21;/h2-4,6-7,18H,5,8-14H2,1H3,(H,19,23);1H. The minimum absolute atomic E-state index is 0. The molecular weight excluding hydrogens is 328 g/mol. The summed E-state index contributed by atoms with van der Waals surface area (Å²) in [4.78, 5) is 27.7. The van der Waals surface area contributed by atoms with Crippen molar-refractivity contribution in [3.8, 4) is 0 Å². The number of amides is 3. The van der Waals surface area contributed by atoms with Gasteiger partial charge in [-0.05, 0) is 18.5 Å². The van der Waals surface area contributed by atoms with Crippen LogP contribution in [0.15, 0.2) is 30.3 Å². The van der Waals surface area contributed by atoms with Crippen molar-refractivity contribution in [1.29, 1.82) is 0 Å². The third kappa shape index (κ3) is 6.76. The Labute approximate surface area is 150 Å². The Hall–Kier alpha value is -1.79. The molecule has 6 nitrogen and oxygen atoms in total. The minimum atomic E-state index is -0.154. The van der Waals surface area contributed by atoms with Gasteiger partial charge in [0.15, 0.2) is 0 Å². The molecule has 0 aliphatic carbocycles. The van der Waals surface area contributed by atoms with Crippen LogP contribution in [0.25, 0.3) is 0 Å². The zero-order valence-corrected chi connectivity index (χ0v) is 15.0. The lowest BCUT2D eigenvalue weighted by molar-refractivity contribution is -0.130. The van der Waals surface area contributed by atoms with Crippen molar-refractivity contribution in [3.63, 3.8) is 0 Å². The normalized spacial score (nSPS) is 14.3. The maximum atomic E-state index is 12.1. The molecule has 24 heavy (non-hydrogen) atoms. The number of halogens is 1. The highest BCUT2D eigenvalue weighted by Gasteiger charge is 2.15. The van der Waals surface area contributed by atoms with Gasteiger partial charge < -0.3 is 20.4 Å². The minimum Gasteiger partial charge on any atom is -0.341 e. The number of carbonyl (C=O) groups excluding carboxylic acids is 2. The molecular formula is C17H27ClN4O2. The molecule has 1 saturated heterocycles. The van der Waals surface area contributed by atoms with Gasteiger partial charge in [-0.15, -0.1) is 12.4 Å². The van der Waals surface area contributed by atoms with Crippen LogP contribution in [0.1, 0.15) is 18.4 Å². The molecule has 134 valence electrons. The van der Waals surface area contributed by atoms with Gasteiger partial charge in [0.1, 0.15) is 0 Å². The first-order valence-corrected chi connectivity index (χ1v) is 8.18. The molecule has 1 aliphatic heterocycles. The fourth-order valence-electron chi connectivity index (χ4n) is 2.59. The van der Waals surface area contributed by atoms with E-state index in [1.54, 1.807) is 11.9 Å². The van der Waals surface area contributed by atoms with Gasteiger partial charge in [-0.2, -0.15) is 0 Å². The number of nitrogens with one attached hydrogen (secondary N) is 2. The summed E-state index contributed by atoms with van der Waals surface area (Å²) in [5, 5.41) is 6.09. The Kier molecular flexibility index (Phi) is 9.19. The van der Waals surface area contributed by atoms with Crippen LogP contribution < -0.4 is 10.6 Å². The predicted molar refractivity (Wildman–Crippen MR) is 97.2 cm³/mol. The lowest BCUT2D eigenvalue weighted by atomic mass is 10.2. The molecule has 7 heteroatoms. The second kappa shape index (κ2) is 10.9. The van der Waals surface area contributed by atoms with Crippen LogP contribution in [0.3, 0.4) is 0 Å². The fourth-order valence-corrected chi connectivity index (χ4v) is 2.59. The van der Waals surface area contributed by atoms with Crippen LogP contribution in [0.4, 0.5) is 4.79 Å². The zero-order valence-electron chi connectivity index (χ0n) is 14.2. The Morgan fingerprint density at radius 3 is 2.71 bits per heavy atom. The third-order valence-electron chi connectivity index (χ3n) is 3.92. The summed E-state index contributed by atoms with van der Waals surface area (Å²) in [6, 6.07) is 9.68. The number of benzene rings is 1. The van der Waals surface area contributed by atoms with Gasteiger partial charge in [0.05, 0.1) is 0 Å². The highest BCUT2D eigenvalue weighted by atomic mass is 35.5. The van der Waals surface area contributed by atoms with Gasteiger partial charge >= 0.3 is 6.03 Å².